The number of esters is 1. The van der Waals surface area contributed by atoms with Gasteiger partial charge in [0.2, 0.25) is 17.7 Å². The monoisotopic (exact) mass is 697 g/mol. The number of nitrogens with zero attached hydrogens (tertiary/aromatic N) is 2. The fourth-order valence-electron chi connectivity index (χ4n) is 8.81. The topological polar surface area (TPSA) is 125 Å². The van der Waals surface area contributed by atoms with Crippen LogP contribution in [0.25, 0.3) is 0 Å². The average molecular weight is 698 g/mol. The lowest BCUT2D eigenvalue weighted by molar-refractivity contribution is -0.161. The SMILES string of the molecule is CC(C)(C)CC(C)(C)N1CC=C[C@]23O[C@@H]4/C=C\CCC(=O)NC[C@@H](c5ccccc5)OC(=O)[C@@H]4[C@H]2C(=O)N([C@@H](CO)Cc2ccccc2)[C@@H]3C1=O. The Balaban J connectivity index is 1.46. The van der Waals surface area contributed by atoms with Gasteiger partial charge in [0, 0.05) is 18.5 Å². The summed E-state index contributed by atoms with van der Waals surface area (Å²) in [7, 11) is 0. The molecule has 4 aliphatic rings. The van der Waals surface area contributed by atoms with Crippen LogP contribution in [0.5, 0.6) is 0 Å². The molecule has 0 aromatic heterocycles. The number of rotatable bonds is 7. The molecule has 2 fully saturated rings. The third-order valence-corrected chi connectivity index (χ3v) is 10.6. The Hall–Kier alpha value is -4.28. The molecule has 10 heteroatoms. The molecular weight excluding hydrogens is 646 g/mol. The van der Waals surface area contributed by atoms with Gasteiger partial charge in [-0.25, -0.2) is 0 Å². The first-order valence-corrected chi connectivity index (χ1v) is 18.1. The Labute approximate surface area is 300 Å². The van der Waals surface area contributed by atoms with Gasteiger partial charge in [-0.05, 0) is 49.7 Å². The molecule has 0 radical (unpaired) electrons. The molecular formula is C41H51N3O7. The van der Waals surface area contributed by atoms with Crippen molar-refractivity contribution in [1.29, 1.82) is 0 Å². The predicted molar refractivity (Wildman–Crippen MR) is 192 cm³/mol. The number of likely N-dealkylation sites (tertiary alicyclic amines) is 1. The van der Waals surface area contributed by atoms with E-state index in [9.17, 15) is 14.7 Å². The van der Waals surface area contributed by atoms with Gasteiger partial charge in [-0.2, -0.15) is 0 Å². The van der Waals surface area contributed by atoms with Gasteiger partial charge in [-0.15, -0.1) is 0 Å². The Morgan fingerprint density at radius 2 is 1.63 bits per heavy atom. The van der Waals surface area contributed by atoms with Gasteiger partial charge >= 0.3 is 5.97 Å². The van der Waals surface area contributed by atoms with E-state index in [0.717, 1.165) is 5.56 Å². The maximum Gasteiger partial charge on any atom is 0.313 e. The molecule has 4 aliphatic heterocycles. The van der Waals surface area contributed by atoms with Gasteiger partial charge in [0.25, 0.3) is 0 Å². The Morgan fingerprint density at radius 1 is 0.941 bits per heavy atom. The minimum atomic E-state index is -1.51. The highest BCUT2D eigenvalue weighted by atomic mass is 16.6. The van der Waals surface area contributed by atoms with Crippen LogP contribution in [0.15, 0.2) is 85.0 Å². The van der Waals surface area contributed by atoms with Crippen LogP contribution in [0.4, 0.5) is 0 Å². The van der Waals surface area contributed by atoms with Crippen molar-refractivity contribution in [2.75, 3.05) is 19.7 Å². The van der Waals surface area contributed by atoms with Gasteiger partial charge in [0.1, 0.15) is 23.7 Å². The van der Waals surface area contributed by atoms with Gasteiger partial charge in [0.15, 0.2) is 0 Å². The number of benzene rings is 2. The summed E-state index contributed by atoms with van der Waals surface area (Å²) in [6, 6.07) is 16.8. The summed E-state index contributed by atoms with van der Waals surface area (Å²) < 4.78 is 13.1. The highest BCUT2D eigenvalue weighted by Crippen LogP contribution is 2.54. The third kappa shape index (κ3) is 7.26. The van der Waals surface area contributed by atoms with Crippen molar-refractivity contribution in [3.05, 3.63) is 96.1 Å². The van der Waals surface area contributed by atoms with Crippen LogP contribution in [0.2, 0.25) is 0 Å². The van der Waals surface area contributed by atoms with Crippen LogP contribution >= 0.6 is 0 Å². The number of ether oxygens (including phenoxy) is 2. The van der Waals surface area contributed by atoms with E-state index in [0.29, 0.717) is 31.4 Å². The smallest absolute Gasteiger partial charge is 0.313 e. The molecule has 0 aliphatic carbocycles. The Kier molecular flexibility index (Phi) is 10.3. The number of carbonyl (C=O) groups is 4. The number of hydrogen-bond acceptors (Lipinski definition) is 7. The second-order valence-corrected chi connectivity index (χ2v) is 16.1. The lowest BCUT2D eigenvalue weighted by Gasteiger charge is -2.45. The van der Waals surface area contributed by atoms with Crippen LogP contribution in [0.1, 0.15) is 71.1 Å². The fourth-order valence-corrected chi connectivity index (χ4v) is 8.81. The van der Waals surface area contributed by atoms with Gasteiger partial charge in [-0.3, -0.25) is 19.2 Å². The molecule has 2 aromatic carbocycles. The zero-order valence-electron chi connectivity index (χ0n) is 30.3. The van der Waals surface area contributed by atoms with E-state index in [2.05, 4.69) is 26.1 Å². The number of nitrogens with one attached hydrogen (secondary N) is 1. The average Bonchev–Trinajstić information content (AvgIpc) is 3.47. The van der Waals surface area contributed by atoms with E-state index in [-0.39, 0.29) is 30.2 Å². The highest BCUT2D eigenvalue weighted by molar-refractivity contribution is 5.99. The lowest BCUT2D eigenvalue weighted by atomic mass is 9.77. The molecule has 6 rings (SSSR count). The number of allylic oxidation sites excluding steroid dienone is 1. The summed E-state index contributed by atoms with van der Waals surface area (Å²) in [5.74, 6) is -3.74. The first-order valence-electron chi connectivity index (χ1n) is 18.1. The zero-order valence-corrected chi connectivity index (χ0v) is 30.3. The highest BCUT2D eigenvalue weighted by Gasteiger charge is 2.73. The molecule has 2 N–H and O–H groups in total. The maximum atomic E-state index is 15.2. The molecule has 10 nitrogen and oxygen atoms in total. The van der Waals surface area contributed by atoms with E-state index in [4.69, 9.17) is 9.47 Å². The van der Waals surface area contributed by atoms with Crippen molar-refractivity contribution < 1.29 is 33.8 Å². The molecule has 1 spiro atoms. The third-order valence-electron chi connectivity index (χ3n) is 10.6. The van der Waals surface area contributed by atoms with Gasteiger partial charge in [-0.1, -0.05) is 106 Å². The molecule has 272 valence electrons. The van der Waals surface area contributed by atoms with Crippen LogP contribution < -0.4 is 5.32 Å². The summed E-state index contributed by atoms with van der Waals surface area (Å²) in [6.07, 6.45) is 7.14. The molecule has 4 heterocycles. The largest absolute Gasteiger partial charge is 0.455 e. The van der Waals surface area contributed by atoms with E-state index in [1.807, 2.05) is 91.6 Å². The number of carbonyl (C=O) groups excluding carboxylic acids is 4. The molecule has 51 heavy (non-hydrogen) atoms. The molecule has 3 amide bonds. The number of aliphatic hydroxyl groups excluding tert-OH is 1. The van der Waals surface area contributed by atoms with Crippen LogP contribution in [0, 0.1) is 17.3 Å². The van der Waals surface area contributed by atoms with Crippen LogP contribution in [-0.2, 0) is 35.1 Å². The standard InChI is InChI=1S/C41H51N3O7/c1-39(2,3)26-40(4,5)43-22-14-21-41-34(36(47)44(35(41)37(43)48)29(25-45)23-27-15-8-6-9-16-27)33-30(51-41)19-12-13-20-32(46)42-24-31(50-38(33)49)28-17-10-7-11-18-28/h6-12,14-19,21,29-31,33-35,45H,13,20,22-26H2,1-5H3,(H,42,46)/b19-12-/t29-,30-,31+,33+,34+,35-,41+/m1/s1. The minimum absolute atomic E-state index is 0.0644. The molecule has 0 bridgehead atoms. The summed E-state index contributed by atoms with van der Waals surface area (Å²) in [6.45, 7) is 10.4. The summed E-state index contributed by atoms with van der Waals surface area (Å²) in [5.41, 5.74) is -0.613. The number of fused-ring (bicyclic) bond motifs is 2. The molecule has 0 unspecified atom stereocenters. The van der Waals surface area contributed by atoms with Crippen molar-refractivity contribution >= 4 is 23.7 Å². The zero-order chi connectivity index (χ0) is 36.6. The normalized spacial score (nSPS) is 29.9. The minimum Gasteiger partial charge on any atom is -0.455 e. The van der Waals surface area contributed by atoms with Gasteiger partial charge in [0.05, 0.1) is 31.2 Å². The second kappa shape index (κ2) is 14.4. The van der Waals surface area contributed by atoms with Crippen LogP contribution in [0.3, 0.4) is 0 Å². The number of hydrogen-bond donors (Lipinski definition) is 2. The summed E-state index contributed by atoms with van der Waals surface area (Å²) in [4.78, 5) is 60.8. The number of aliphatic hydroxyl groups is 1. The van der Waals surface area contributed by atoms with Crippen LogP contribution in [-0.4, -0.2) is 87.6 Å². The Morgan fingerprint density at radius 3 is 2.29 bits per heavy atom. The first kappa shape index (κ1) is 36.5. The van der Waals surface area contributed by atoms with Gasteiger partial charge < -0.3 is 29.7 Å². The molecule has 7 atom stereocenters. The van der Waals surface area contributed by atoms with E-state index in [1.54, 1.807) is 12.2 Å². The van der Waals surface area contributed by atoms with Crippen molar-refractivity contribution in [1.82, 2.24) is 15.1 Å². The maximum absolute atomic E-state index is 15.2. The number of cyclic esters (lactones) is 1. The van der Waals surface area contributed by atoms with E-state index < -0.39 is 65.8 Å². The lowest BCUT2D eigenvalue weighted by Crippen LogP contribution is -2.62. The molecule has 0 saturated carbocycles. The fraction of sp³-hybridized carbons (Fsp3) is 0.512. The van der Waals surface area contributed by atoms with E-state index in [1.165, 1.54) is 4.90 Å². The molecule has 2 aromatic rings. The number of amides is 3. The second-order valence-electron chi connectivity index (χ2n) is 16.1. The quantitative estimate of drug-likeness (QED) is 0.322. The Bertz CT molecular complexity index is 1670. The summed E-state index contributed by atoms with van der Waals surface area (Å²) in [5, 5.41) is 13.8. The predicted octanol–water partition coefficient (Wildman–Crippen LogP) is 4.53. The van der Waals surface area contributed by atoms with Crippen molar-refractivity contribution in [2.24, 2.45) is 17.3 Å². The first-order chi connectivity index (χ1) is 24.3. The van der Waals surface area contributed by atoms with Crippen molar-refractivity contribution in [2.45, 2.75) is 95.7 Å². The van der Waals surface area contributed by atoms with Crippen molar-refractivity contribution in [3.8, 4) is 0 Å². The van der Waals surface area contributed by atoms with E-state index >= 15 is 9.59 Å². The van der Waals surface area contributed by atoms with Crippen molar-refractivity contribution in [3.63, 3.8) is 0 Å². The summed E-state index contributed by atoms with van der Waals surface area (Å²) >= 11 is 0. The molecule has 2 saturated heterocycles.